The number of aromatic nitrogens is 2. The normalized spacial score (nSPS) is 20.8. The molecule has 3 rings (SSSR count). The lowest BCUT2D eigenvalue weighted by Gasteiger charge is -2.12. The van der Waals surface area contributed by atoms with E-state index in [4.69, 9.17) is 0 Å². The predicted octanol–water partition coefficient (Wildman–Crippen LogP) is 2.94. The summed E-state index contributed by atoms with van der Waals surface area (Å²) in [6, 6.07) is 2.67. The van der Waals surface area contributed by atoms with E-state index in [1.807, 2.05) is 6.20 Å². The molecule has 0 bridgehead atoms. The van der Waals surface area contributed by atoms with E-state index in [-0.39, 0.29) is 0 Å². The molecule has 1 N–H and O–H groups in total. The van der Waals surface area contributed by atoms with Gasteiger partial charge in [0.1, 0.15) is 4.60 Å². The molecule has 0 amide bonds. The van der Waals surface area contributed by atoms with Gasteiger partial charge in [-0.2, -0.15) is 0 Å². The van der Waals surface area contributed by atoms with Crippen molar-refractivity contribution in [2.75, 3.05) is 13.1 Å². The molecule has 1 atom stereocenters. The van der Waals surface area contributed by atoms with Gasteiger partial charge in [-0.15, -0.1) is 0 Å². The standard InChI is InChI=1S/C11H11BrIN3/c12-11-3-8-9(13)6-16(10(8)5-15-11)7-1-2-14-4-7/h3,5-7,14H,1-2,4H2/t7-/m0/s1. The van der Waals surface area contributed by atoms with E-state index < -0.39 is 0 Å². The van der Waals surface area contributed by atoms with Crippen LogP contribution >= 0.6 is 38.5 Å². The fourth-order valence-corrected chi connectivity index (χ4v) is 3.32. The average Bonchev–Trinajstić information content (AvgIpc) is 2.87. The smallest absolute Gasteiger partial charge is 0.106 e. The average molecular weight is 392 g/mol. The Kier molecular flexibility index (Phi) is 2.93. The number of hydrogen-bond donors (Lipinski definition) is 1. The van der Waals surface area contributed by atoms with Gasteiger partial charge in [-0.1, -0.05) is 0 Å². The number of nitrogens with one attached hydrogen (secondary N) is 1. The zero-order valence-electron chi connectivity index (χ0n) is 8.58. The molecule has 3 nitrogen and oxygen atoms in total. The summed E-state index contributed by atoms with van der Waals surface area (Å²) in [5.41, 5.74) is 1.24. The highest BCUT2D eigenvalue weighted by molar-refractivity contribution is 14.1. The van der Waals surface area contributed by atoms with Crippen LogP contribution in [-0.2, 0) is 0 Å². The third-order valence-corrected chi connectivity index (χ3v) is 4.36. The summed E-state index contributed by atoms with van der Waals surface area (Å²) in [6.07, 6.45) is 5.40. The lowest BCUT2D eigenvalue weighted by atomic mass is 10.2. The van der Waals surface area contributed by atoms with E-state index in [0.29, 0.717) is 6.04 Å². The van der Waals surface area contributed by atoms with Crippen molar-refractivity contribution in [2.45, 2.75) is 12.5 Å². The van der Waals surface area contributed by atoms with Crippen LogP contribution < -0.4 is 5.32 Å². The second kappa shape index (κ2) is 4.27. The second-order valence-corrected chi connectivity index (χ2v) is 6.03. The first-order chi connectivity index (χ1) is 7.75. The number of rotatable bonds is 1. The van der Waals surface area contributed by atoms with Gasteiger partial charge in [-0.3, -0.25) is 0 Å². The van der Waals surface area contributed by atoms with Crippen molar-refractivity contribution in [3.05, 3.63) is 26.6 Å². The summed E-state index contributed by atoms with van der Waals surface area (Å²) in [6.45, 7) is 2.18. The van der Waals surface area contributed by atoms with Crippen molar-refractivity contribution in [2.24, 2.45) is 0 Å². The third kappa shape index (κ3) is 1.78. The van der Waals surface area contributed by atoms with E-state index >= 15 is 0 Å². The molecule has 0 radical (unpaired) electrons. The highest BCUT2D eigenvalue weighted by Crippen LogP contribution is 2.29. The van der Waals surface area contributed by atoms with Crippen molar-refractivity contribution < 1.29 is 0 Å². The highest BCUT2D eigenvalue weighted by Gasteiger charge is 2.19. The molecule has 5 heteroatoms. The topological polar surface area (TPSA) is 29.9 Å². The van der Waals surface area contributed by atoms with Gasteiger partial charge < -0.3 is 9.88 Å². The third-order valence-electron chi connectivity index (χ3n) is 3.07. The largest absolute Gasteiger partial charge is 0.341 e. The molecule has 0 spiro atoms. The Balaban J connectivity index is 2.18. The molecule has 2 aromatic heterocycles. The van der Waals surface area contributed by atoms with Crippen LogP contribution in [0.5, 0.6) is 0 Å². The minimum Gasteiger partial charge on any atom is -0.341 e. The van der Waals surface area contributed by atoms with E-state index in [0.717, 1.165) is 17.7 Å². The lowest BCUT2D eigenvalue weighted by Crippen LogP contribution is -2.12. The van der Waals surface area contributed by atoms with Gasteiger partial charge >= 0.3 is 0 Å². The SMILES string of the molecule is Brc1cc2c(I)cn([C@H]3CCNC3)c2cn1. The van der Waals surface area contributed by atoms with Crippen molar-refractivity contribution in [1.82, 2.24) is 14.9 Å². The monoisotopic (exact) mass is 391 g/mol. The first-order valence-electron chi connectivity index (χ1n) is 5.28. The summed E-state index contributed by atoms with van der Waals surface area (Å²) in [5, 5.41) is 4.69. The Bertz CT molecular complexity index is 531. The molecule has 0 saturated carbocycles. The highest BCUT2D eigenvalue weighted by atomic mass is 127. The molecular weight excluding hydrogens is 381 g/mol. The van der Waals surface area contributed by atoms with E-state index in [2.05, 4.69) is 65.7 Å². The van der Waals surface area contributed by atoms with E-state index in [1.54, 1.807) is 0 Å². The number of fused-ring (bicyclic) bond motifs is 1. The molecule has 0 aromatic carbocycles. The fraction of sp³-hybridized carbons (Fsp3) is 0.364. The molecule has 1 aliphatic heterocycles. The van der Waals surface area contributed by atoms with Crippen LogP contribution in [0.25, 0.3) is 10.9 Å². The van der Waals surface area contributed by atoms with Crippen LogP contribution in [0.15, 0.2) is 23.1 Å². The molecule has 1 fully saturated rings. The van der Waals surface area contributed by atoms with Crippen LogP contribution in [0.3, 0.4) is 0 Å². The molecule has 1 aliphatic rings. The minimum absolute atomic E-state index is 0.578. The molecular formula is C11H11BrIN3. The molecule has 16 heavy (non-hydrogen) atoms. The van der Waals surface area contributed by atoms with Gasteiger partial charge in [0, 0.05) is 27.7 Å². The maximum absolute atomic E-state index is 4.32. The number of halogens is 2. The molecule has 0 unspecified atom stereocenters. The Hall–Kier alpha value is -0.140. The van der Waals surface area contributed by atoms with Gasteiger partial charge in [-0.05, 0) is 57.6 Å². The Morgan fingerprint density at radius 1 is 1.56 bits per heavy atom. The van der Waals surface area contributed by atoms with E-state index in [9.17, 15) is 0 Å². The maximum atomic E-state index is 4.32. The van der Waals surface area contributed by atoms with Crippen LogP contribution in [0, 0.1) is 3.57 Å². The molecule has 2 aromatic rings. The molecule has 1 saturated heterocycles. The Morgan fingerprint density at radius 2 is 2.44 bits per heavy atom. The van der Waals surface area contributed by atoms with E-state index in [1.165, 1.54) is 20.9 Å². The van der Waals surface area contributed by atoms with Crippen molar-refractivity contribution in [1.29, 1.82) is 0 Å². The molecule has 0 aliphatic carbocycles. The van der Waals surface area contributed by atoms with Crippen molar-refractivity contribution >= 4 is 49.4 Å². The Morgan fingerprint density at radius 3 is 3.19 bits per heavy atom. The summed E-state index contributed by atoms with van der Waals surface area (Å²) < 4.78 is 4.55. The van der Waals surface area contributed by atoms with Crippen molar-refractivity contribution in [3.63, 3.8) is 0 Å². The number of hydrogen-bond acceptors (Lipinski definition) is 2. The van der Waals surface area contributed by atoms with Gasteiger partial charge in [0.2, 0.25) is 0 Å². The second-order valence-electron chi connectivity index (χ2n) is 4.06. The van der Waals surface area contributed by atoms with Gasteiger partial charge in [0.25, 0.3) is 0 Å². The maximum Gasteiger partial charge on any atom is 0.106 e. The predicted molar refractivity (Wildman–Crippen MR) is 76.7 cm³/mol. The quantitative estimate of drug-likeness (QED) is 0.598. The lowest BCUT2D eigenvalue weighted by molar-refractivity contribution is 0.564. The molecule has 3 heterocycles. The summed E-state index contributed by atoms with van der Waals surface area (Å²) in [5.74, 6) is 0. The van der Waals surface area contributed by atoms with Crippen LogP contribution in [0.2, 0.25) is 0 Å². The fourth-order valence-electron chi connectivity index (χ4n) is 2.26. The van der Waals surface area contributed by atoms with Gasteiger partial charge in [0.05, 0.1) is 11.7 Å². The van der Waals surface area contributed by atoms with Gasteiger partial charge in [0.15, 0.2) is 0 Å². The van der Waals surface area contributed by atoms with Crippen molar-refractivity contribution in [3.8, 4) is 0 Å². The number of pyridine rings is 1. The van der Waals surface area contributed by atoms with Crippen LogP contribution in [0.4, 0.5) is 0 Å². The minimum atomic E-state index is 0.578. The Labute approximate surface area is 116 Å². The first kappa shape index (κ1) is 11.0. The van der Waals surface area contributed by atoms with Crippen LogP contribution in [-0.4, -0.2) is 22.6 Å². The zero-order valence-corrected chi connectivity index (χ0v) is 12.3. The summed E-state index contributed by atoms with van der Waals surface area (Å²) in [4.78, 5) is 4.32. The first-order valence-corrected chi connectivity index (χ1v) is 7.15. The number of nitrogens with zero attached hydrogens (tertiary/aromatic N) is 2. The van der Waals surface area contributed by atoms with Gasteiger partial charge in [-0.25, -0.2) is 4.98 Å². The summed E-state index contributed by atoms with van der Waals surface area (Å²) in [7, 11) is 0. The summed E-state index contributed by atoms with van der Waals surface area (Å²) >= 11 is 5.82. The van der Waals surface area contributed by atoms with Crippen LogP contribution in [0.1, 0.15) is 12.5 Å². The molecule has 84 valence electrons. The zero-order chi connectivity index (χ0) is 11.1.